The van der Waals surface area contributed by atoms with Gasteiger partial charge in [0.2, 0.25) is 5.95 Å². The van der Waals surface area contributed by atoms with Crippen LogP contribution in [-0.2, 0) is 6.54 Å². The molecule has 0 spiro atoms. The number of para-hydroxylation sites is 1. The molecule has 1 fully saturated rings. The smallest absolute Gasteiger partial charge is 0.255 e. The number of amides is 1. The lowest BCUT2D eigenvalue weighted by Crippen LogP contribution is -2.35. The molecule has 0 bridgehead atoms. The average molecular weight is 356 g/mol. The first-order chi connectivity index (χ1) is 12.6. The molecule has 2 aromatic rings. The maximum Gasteiger partial charge on any atom is 0.255 e. The number of H-pyrrole nitrogens is 1. The molecule has 1 saturated heterocycles. The van der Waals surface area contributed by atoms with Gasteiger partial charge in [0.25, 0.3) is 11.5 Å². The highest BCUT2D eigenvalue weighted by molar-refractivity contribution is 5.96. The van der Waals surface area contributed by atoms with Crippen LogP contribution in [0.15, 0.2) is 35.1 Å². The van der Waals surface area contributed by atoms with Gasteiger partial charge in [-0.25, -0.2) is 4.98 Å². The van der Waals surface area contributed by atoms with Crippen LogP contribution < -0.4 is 20.5 Å². The molecule has 0 aliphatic carbocycles. The van der Waals surface area contributed by atoms with Crippen molar-refractivity contribution in [1.29, 1.82) is 0 Å². The monoisotopic (exact) mass is 356 g/mol. The summed E-state index contributed by atoms with van der Waals surface area (Å²) < 4.78 is 5.21. The van der Waals surface area contributed by atoms with Gasteiger partial charge in [0.15, 0.2) is 0 Å². The molecule has 26 heavy (non-hydrogen) atoms. The number of aromatic amines is 1. The predicted molar refractivity (Wildman–Crippen MR) is 99.6 cm³/mol. The van der Waals surface area contributed by atoms with Crippen LogP contribution in [0.2, 0.25) is 0 Å². The molecule has 7 heteroatoms. The van der Waals surface area contributed by atoms with Gasteiger partial charge in [0.05, 0.1) is 24.9 Å². The summed E-state index contributed by atoms with van der Waals surface area (Å²) in [6, 6.07) is 8.42. The van der Waals surface area contributed by atoms with Gasteiger partial charge >= 0.3 is 0 Å². The number of carbonyl (C=O) groups is 1. The summed E-state index contributed by atoms with van der Waals surface area (Å²) >= 11 is 0. The molecule has 1 aromatic carbocycles. The van der Waals surface area contributed by atoms with Crippen LogP contribution in [0.4, 0.5) is 5.95 Å². The zero-order valence-electron chi connectivity index (χ0n) is 15.1. The van der Waals surface area contributed by atoms with E-state index in [1.807, 2.05) is 0 Å². The van der Waals surface area contributed by atoms with Gasteiger partial charge in [-0.1, -0.05) is 19.1 Å². The van der Waals surface area contributed by atoms with Gasteiger partial charge < -0.3 is 15.0 Å². The van der Waals surface area contributed by atoms with Crippen molar-refractivity contribution in [1.82, 2.24) is 15.3 Å². The van der Waals surface area contributed by atoms with Gasteiger partial charge in [-0.05, 0) is 30.9 Å². The van der Waals surface area contributed by atoms with Crippen molar-refractivity contribution < 1.29 is 9.53 Å². The molecule has 1 aliphatic heterocycles. The quantitative estimate of drug-likeness (QED) is 0.855. The molecule has 0 radical (unpaired) electrons. The van der Waals surface area contributed by atoms with Crippen LogP contribution in [0.1, 0.15) is 35.8 Å². The van der Waals surface area contributed by atoms with Crippen LogP contribution in [0.3, 0.4) is 0 Å². The number of ether oxygens (including phenoxy) is 1. The standard InChI is InChI=1S/C19H24N4O3/c1-13-7-9-23(10-8-13)19-21-14(11-17(24)22-19)12-20-18(25)15-5-3-4-6-16(15)26-2/h3-6,11,13H,7-10,12H2,1-2H3,(H,20,25)(H,21,22,24). The molecule has 3 rings (SSSR count). The fourth-order valence-corrected chi connectivity index (χ4v) is 3.05. The van der Waals surface area contributed by atoms with Crippen LogP contribution >= 0.6 is 0 Å². The molecule has 2 N–H and O–H groups in total. The molecule has 0 saturated carbocycles. The molecular formula is C19H24N4O3. The molecule has 0 unspecified atom stereocenters. The first-order valence-electron chi connectivity index (χ1n) is 8.83. The minimum absolute atomic E-state index is 0.179. The van der Waals surface area contributed by atoms with Crippen molar-refractivity contribution in [3.63, 3.8) is 0 Å². The summed E-state index contributed by atoms with van der Waals surface area (Å²) in [6.45, 7) is 4.16. The molecule has 2 heterocycles. The molecule has 1 aliphatic rings. The highest BCUT2D eigenvalue weighted by Crippen LogP contribution is 2.19. The Morgan fingerprint density at radius 3 is 2.81 bits per heavy atom. The number of anilines is 1. The Morgan fingerprint density at radius 2 is 2.08 bits per heavy atom. The Kier molecular flexibility index (Phi) is 5.55. The molecule has 0 atom stereocenters. The van der Waals surface area contributed by atoms with Gasteiger partial charge in [0.1, 0.15) is 5.75 Å². The number of nitrogens with one attached hydrogen (secondary N) is 2. The summed E-state index contributed by atoms with van der Waals surface area (Å²) in [5.74, 6) is 1.51. The molecule has 1 aromatic heterocycles. The minimum atomic E-state index is -0.266. The molecule has 7 nitrogen and oxygen atoms in total. The predicted octanol–water partition coefficient (Wildman–Crippen LogP) is 1.94. The zero-order valence-corrected chi connectivity index (χ0v) is 15.1. The Hall–Kier alpha value is -2.83. The number of nitrogens with zero attached hydrogens (tertiary/aromatic N) is 2. The SMILES string of the molecule is COc1ccccc1C(=O)NCc1cc(=O)[nH]c(N2CCC(C)CC2)n1. The van der Waals surface area contributed by atoms with Crippen LogP contribution in [0, 0.1) is 5.92 Å². The van der Waals surface area contributed by atoms with Gasteiger partial charge in [0, 0.05) is 19.2 Å². The van der Waals surface area contributed by atoms with Crippen molar-refractivity contribution in [2.45, 2.75) is 26.3 Å². The third kappa shape index (κ3) is 4.22. The Labute approximate surface area is 152 Å². The summed E-state index contributed by atoms with van der Waals surface area (Å²) in [4.78, 5) is 33.8. The summed E-state index contributed by atoms with van der Waals surface area (Å²) in [6.07, 6.45) is 2.16. The summed E-state index contributed by atoms with van der Waals surface area (Å²) in [7, 11) is 1.52. The topological polar surface area (TPSA) is 87.3 Å². The van der Waals surface area contributed by atoms with E-state index in [0.29, 0.717) is 28.9 Å². The van der Waals surface area contributed by atoms with Gasteiger partial charge in [-0.3, -0.25) is 14.6 Å². The summed E-state index contributed by atoms with van der Waals surface area (Å²) in [5.41, 5.74) is 0.769. The Bertz CT molecular complexity index is 826. The molecular weight excluding hydrogens is 332 g/mol. The largest absolute Gasteiger partial charge is 0.496 e. The van der Waals surface area contributed by atoms with Gasteiger partial charge in [-0.2, -0.15) is 0 Å². The maximum absolute atomic E-state index is 12.4. The van der Waals surface area contributed by atoms with E-state index in [9.17, 15) is 9.59 Å². The molecule has 1 amide bonds. The zero-order chi connectivity index (χ0) is 18.5. The van der Waals surface area contributed by atoms with Crippen molar-refractivity contribution in [2.75, 3.05) is 25.1 Å². The normalized spacial score (nSPS) is 14.9. The number of hydrogen-bond acceptors (Lipinski definition) is 5. The van der Waals surface area contributed by atoms with E-state index >= 15 is 0 Å². The second-order valence-electron chi connectivity index (χ2n) is 6.61. The number of aromatic nitrogens is 2. The fraction of sp³-hybridized carbons (Fsp3) is 0.421. The van der Waals surface area contributed by atoms with E-state index < -0.39 is 0 Å². The van der Waals surface area contributed by atoms with E-state index in [0.717, 1.165) is 25.9 Å². The van der Waals surface area contributed by atoms with Crippen molar-refractivity contribution in [3.05, 3.63) is 51.9 Å². The highest BCUT2D eigenvalue weighted by Gasteiger charge is 2.18. The highest BCUT2D eigenvalue weighted by atomic mass is 16.5. The third-order valence-electron chi connectivity index (χ3n) is 4.65. The number of carbonyl (C=O) groups excluding carboxylic acids is 1. The lowest BCUT2D eigenvalue weighted by Gasteiger charge is -2.30. The lowest BCUT2D eigenvalue weighted by atomic mass is 10.00. The number of rotatable bonds is 5. The van der Waals surface area contributed by atoms with Crippen LogP contribution in [0.25, 0.3) is 0 Å². The maximum atomic E-state index is 12.4. The van der Waals surface area contributed by atoms with E-state index in [2.05, 4.69) is 27.1 Å². The Morgan fingerprint density at radius 1 is 1.35 bits per heavy atom. The minimum Gasteiger partial charge on any atom is -0.496 e. The van der Waals surface area contributed by atoms with E-state index in [1.54, 1.807) is 24.3 Å². The third-order valence-corrected chi connectivity index (χ3v) is 4.65. The summed E-state index contributed by atoms with van der Waals surface area (Å²) in [5, 5.41) is 2.80. The Balaban J connectivity index is 1.70. The van der Waals surface area contributed by atoms with Crippen LogP contribution in [-0.4, -0.2) is 36.1 Å². The number of methoxy groups -OCH3 is 1. The van der Waals surface area contributed by atoms with Crippen molar-refractivity contribution >= 4 is 11.9 Å². The number of benzene rings is 1. The van der Waals surface area contributed by atoms with Crippen molar-refractivity contribution in [2.24, 2.45) is 5.92 Å². The first kappa shape index (κ1) is 18.0. The fourth-order valence-electron chi connectivity index (χ4n) is 3.05. The second kappa shape index (κ2) is 8.03. The lowest BCUT2D eigenvalue weighted by molar-refractivity contribution is 0.0947. The average Bonchev–Trinajstić information content (AvgIpc) is 2.66. The van der Waals surface area contributed by atoms with E-state index in [4.69, 9.17) is 4.74 Å². The van der Waals surface area contributed by atoms with Crippen molar-refractivity contribution in [3.8, 4) is 5.75 Å². The number of piperidine rings is 1. The van der Waals surface area contributed by atoms with E-state index in [1.165, 1.54) is 13.2 Å². The molecule has 138 valence electrons. The number of hydrogen-bond donors (Lipinski definition) is 2. The second-order valence-corrected chi connectivity index (χ2v) is 6.61. The van der Waals surface area contributed by atoms with Crippen LogP contribution in [0.5, 0.6) is 5.75 Å². The van der Waals surface area contributed by atoms with Gasteiger partial charge in [-0.15, -0.1) is 0 Å². The first-order valence-corrected chi connectivity index (χ1v) is 8.83. The van der Waals surface area contributed by atoms with E-state index in [-0.39, 0.29) is 18.0 Å².